The van der Waals surface area contributed by atoms with Crippen LogP contribution in [0.3, 0.4) is 0 Å². The van der Waals surface area contributed by atoms with Crippen molar-refractivity contribution >= 4 is 16.0 Å². The second-order valence-corrected chi connectivity index (χ2v) is 8.76. The van der Waals surface area contributed by atoms with Crippen LogP contribution in [-0.2, 0) is 21.3 Å². The minimum atomic E-state index is -3.36. The van der Waals surface area contributed by atoms with Gasteiger partial charge in [-0.1, -0.05) is 60.7 Å². The molecule has 8 heteroatoms. The van der Waals surface area contributed by atoms with E-state index in [-0.39, 0.29) is 24.9 Å². The van der Waals surface area contributed by atoms with Crippen molar-refractivity contribution in [2.45, 2.75) is 26.0 Å². The Morgan fingerprint density at radius 2 is 1.63 bits per heavy atom. The van der Waals surface area contributed by atoms with Gasteiger partial charge >= 0.3 is 0 Å². The number of nitrogens with zero attached hydrogens (tertiary/aromatic N) is 1. The summed E-state index contributed by atoms with van der Waals surface area (Å²) in [5, 5.41) is 6.20. The lowest BCUT2D eigenvalue weighted by Crippen LogP contribution is -2.41. The number of ether oxygens (including phenoxy) is 1. The highest BCUT2D eigenvalue weighted by atomic mass is 32.2. The Morgan fingerprint density at radius 3 is 2.30 bits per heavy atom. The number of hydrogen-bond donors (Lipinski definition) is 3. The quantitative estimate of drug-likeness (QED) is 0.272. The van der Waals surface area contributed by atoms with Crippen molar-refractivity contribution in [3.8, 4) is 0 Å². The second kappa shape index (κ2) is 13.0. The first-order valence-corrected chi connectivity index (χ1v) is 11.8. The van der Waals surface area contributed by atoms with Crippen LogP contribution in [-0.4, -0.2) is 46.9 Å². The van der Waals surface area contributed by atoms with E-state index in [1.807, 2.05) is 55.5 Å². The molecular formula is C22H32N4O3S. The molecule has 0 spiro atoms. The van der Waals surface area contributed by atoms with Gasteiger partial charge in [0.2, 0.25) is 10.0 Å². The van der Waals surface area contributed by atoms with E-state index in [4.69, 9.17) is 4.74 Å². The number of guanidine groups is 1. The number of nitrogens with one attached hydrogen (secondary N) is 3. The van der Waals surface area contributed by atoms with Gasteiger partial charge in [-0.05, 0) is 24.5 Å². The van der Waals surface area contributed by atoms with Gasteiger partial charge in [0, 0.05) is 33.3 Å². The summed E-state index contributed by atoms with van der Waals surface area (Å²) in [7, 11) is -1.71. The molecule has 0 saturated carbocycles. The van der Waals surface area contributed by atoms with Crippen LogP contribution in [0.1, 0.15) is 30.6 Å². The largest absolute Gasteiger partial charge is 0.374 e. The molecule has 30 heavy (non-hydrogen) atoms. The summed E-state index contributed by atoms with van der Waals surface area (Å²) in [6, 6.07) is 19.5. The first-order valence-electron chi connectivity index (χ1n) is 10.1. The Bertz CT molecular complexity index is 858. The Morgan fingerprint density at radius 1 is 1.00 bits per heavy atom. The van der Waals surface area contributed by atoms with Crippen molar-refractivity contribution in [3.63, 3.8) is 0 Å². The number of hydrogen-bond acceptors (Lipinski definition) is 4. The van der Waals surface area contributed by atoms with Crippen molar-refractivity contribution in [2.24, 2.45) is 4.99 Å². The van der Waals surface area contributed by atoms with E-state index in [9.17, 15) is 8.42 Å². The fourth-order valence-electron chi connectivity index (χ4n) is 2.75. The van der Waals surface area contributed by atoms with Crippen LogP contribution in [0.25, 0.3) is 0 Å². The molecular weight excluding hydrogens is 400 g/mol. The Balaban J connectivity index is 1.59. The molecule has 0 radical (unpaired) electrons. The molecule has 2 aromatic rings. The van der Waals surface area contributed by atoms with Gasteiger partial charge in [-0.15, -0.1) is 0 Å². The maximum atomic E-state index is 12.1. The monoisotopic (exact) mass is 432 g/mol. The van der Waals surface area contributed by atoms with Crippen molar-refractivity contribution in [2.75, 3.05) is 32.5 Å². The van der Waals surface area contributed by atoms with Crippen molar-refractivity contribution in [1.29, 1.82) is 0 Å². The lowest BCUT2D eigenvalue weighted by molar-refractivity contribution is 0.0646. The second-order valence-electron chi connectivity index (χ2n) is 6.83. The molecule has 0 amide bonds. The molecule has 2 aromatic carbocycles. The minimum Gasteiger partial charge on any atom is -0.374 e. The molecule has 7 nitrogen and oxygen atoms in total. The predicted molar refractivity (Wildman–Crippen MR) is 122 cm³/mol. The van der Waals surface area contributed by atoms with Gasteiger partial charge in [-0.25, -0.2) is 13.1 Å². The van der Waals surface area contributed by atoms with Crippen LogP contribution >= 0.6 is 0 Å². The highest BCUT2D eigenvalue weighted by Gasteiger charge is 2.10. The number of benzene rings is 2. The smallest absolute Gasteiger partial charge is 0.213 e. The zero-order valence-corrected chi connectivity index (χ0v) is 18.5. The van der Waals surface area contributed by atoms with Crippen molar-refractivity contribution in [3.05, 3.63) is 71.8 Å². The third-order valence-electron chi connectivity index (χ3n) is 4.48. The molecule has 0 fully saturated rings. The molecule has 0 bridgehead atoms. The molecule has 0 heterocycles. The van der Waals surface area contributed by atoms with E-state index in [0.29, 0.717) is 19.1 Å². The summed E-state index contributed by atoms with van der Waals surface area (Å²) < 4.78 is 32.7. The van der Waals surface area contributed by atoms with Crippen molar-refractivity contribution < 1.29 is 13.2 Å². The third kappa shape index (κ3) is 9.39. The molecule has 1 unspecified atom stereocenters. The van der Waals surface area contributed by atoms with Gasteiger partial charge in [-0.2, -0.15) is 0 Å². The minimum absolute atomic E-state index is 0.0295. The molecule has 0 aliphatic rings. The van der Waals surface area contributed by atoms with E-state index in [2.05, 4.69) is 32.5 Å². The zero-order valence-electron chi connectivity index (χ0n) is 17.7. The van der Waals surface area contributed by atoms with Crippen molar-refractivity contribution in [1.82, 2.24) is 15.4 Å². The van der Waals surface area contributed by atoms with E-state index in [1.165, 1.54) is 0 Å². The Kier molecular flexibility index (Phi) is 10.3. The van der Waals surface area contributed by atoms with Gasteiger partial charge in [0.15, 0.2) is 5.96 Å². The summed E-state index contributed by atoms with van der Waals surface area (Å²) in [5.74, 6) is 0.544. The average molecular weight is 433 g/mol. The number of sulfonamides is 1. The van der Waals surface area contributed by atoms with Crippen LogP contribution in [0.5, 0.6) is 0 Å². The highest BCUT2D eigenvalue weighted by molar-refractivity contribution is 7.89. The third-order valence-corrected chi connectivity index (χ3v) is 5.80. The van der Waals surface area contributed by atoms with Gasteiger partial charge in [0.05, 0.1) is 11.9 Å². The SMILES string of the molecule is CN=C(NCCCOC(C)c1ccccc1)NCCS(=O)(=O)NCc1ccccc1. The Labute approximate surface area is 180 Å². The topological polar surface area (TPSA) is 91.8 Å². The maximum Gasteiger partial charge on any atom is 0.213 e. The fourth-order valence-corrected chi connectivity index (χ4v) is 3.65. The van der Waals surface area contributed by atoms with Crippen LogP contribution < -0.4 is 15.4 Å². The lowest BCUT2D eigenvalue weighted by Gasteiger charge is -2.15. The fraction of sp³-hybridized carbons (Fsp3) is 0.409. The summed E-state index contributed by atoms with van der Waals surface area (Å²) in [6.07, 6.45) is 0.867. The van der Waals surface area contributed by atoms with E-state index < -0.39 is 10.0 Å². The van der Waals surface area contributed by atoms with Crippen LogP contribution in [0.2, 0.25) is 0 Å². The van der Waals surface area contributed by atoms with E-state index in [1.54, 1.807) is 7.05 Å². The standard InChI is InChI=1S/C22H32N4O3S/c1-19(21-12-7-4-8-13-21)29-16-9-14-24-22(23-2)25-15-17-30(27,28)26-18-20-10-5-3-6-11-20/h3-8,10-13,19,26H,9,14-18H2,1-2H3,(H2,23,24,25). The van der Waals surface area contributed by atoms with Gasteiger partial charge in [0.1, 0.15) is 0 Å². The molecule has 164 valence electrons. The molecule has 0 aliphatic carbocycles. The van der Waals surface area contributed by atoms with Crippen LogP contribution in [0.4, 0.5) is 0 Å². The first-order chi connectivity index (χ1) is 14.5. The summed E-state index contributed by atoms with van der Waals surface area (Å²) >= 11 is 0. The van der Waals surface area contributed by atoms with Gasteiger partial charge in [-0.3, -0.25) is 4.99 Å². The highest BCUT2D eigenvalue weighted by Crippen LogP contribution is 2.15. The normalized spacial score (nSPS) is 13.1. The molecule has 1 atom stereocenters. The van der Waals surface area contributed by atoms with E-state index >= 15 is 0 Å². The number of aliphatic imine (C=N–C) groups is 1. The molecule has 3 N–H and O–H groups in total. The predicted octanol–water partition coefficient (Wildman–Crippen LogP) is 2.44. The van der Waals surface area contributed by atoms with Gasteiger partial charge in [0.25, 0.3) is 0 Å². The molecule has 0 aliphatic heterocycles. The zero-order chi connectivity index (χ0) is 21.7. The maximum absolute atomic E-state index is 12.1. The summed E-state index contributed by atoms with van der Waals surface area (Å²) in [6.45, 7) is 3.90. The molecule has 2 rings (SSSR count). The summed E-state index contributed by atoms with van der Waals surface area (Å²) in [5.41, 5.74) is 2.08. The first kappa shape index (κ1) is 23.9. The van der Waals surface area contributed by atoms with E-state index in [0.717, 1.165) is 17.5 Å². The van der Waals surface area contributed by atoms with Crippen LogP contribution in [0.15, 0.2) is 65.7 Å². The van der Waals surface area contributed by atoms with Gasteiger partial charge < -0.3 is 15.4 Å². The average Bonchev–Trinajstić information content (AvgIpc) is 2.77. The molecule has 0 aromatic heterocycles. The summed E-state index contributed by atoms with van der Waals surface area (Å²) in [4.78, 5) is 4.12. The molecule has 0 saturated heterocycles. The number of rotatable bonds is 12. The lowest BCUT2D eigenvalue weighted by atomic mass is 10.1. The Hall–Kier alpha value is -2.42. The van der Waals surface area contributed by atoms with Crippen LogP contribution in [0, 0.1) is 0 Å².